The topological polar surface area (TPSA) is 58.2 Å². The normalized spacial score (nSPS) is 26.7. The number of H-pyrrole nitrogens is 1. The summed E-state index contributed by atoms with van der Waals surface area (Å²) in [6.45, 7) is 5.56. The summed E-state index contributed by atoms with van der Waals surface area (Å²) in [5, 5.41) is 0. The molecule has 1 fully saturated rings. The number of hydrogen-bond donors (Lipinski definition) is 1. The van der Waals surface area contributed by atoms with Crippen LogP contribution in [0.2, 0.25) is 0 Å². The first-order chi connectivity index (χ1) is 7.15. The van der Waals surface area contributed by atoms with Crippen LogP contribution in [0.15, 0.2) is 17.1 Å². The Kier molecular flexibility index (Phi) is 2.73. The second-order valence-corrected chi connectivity index (χ2v) is 3.92. The molecule has 1 N–H and O–H groups in total. The molecule has 5 heteroatoms. The Morgan fingerprint density at radius 2 is 2.13 bits per heavy atom. The number of aromatic nitrogens is 2. The standard InChI is InChI=1S/C10H15N3O2/c1-7-5-13(6-8(2)15-7)10-11-4-3-9(14)12-10/h3-4,7-8H,5-6H2,1-2H3,(H,11,12,14)/t7-,8+. The monoisotopic (exact) mass is 209 g/mol. The summed E-state index contributed by atoms with van der Waals surface area (Å²) in [4.78, 5) is 20.1. The van der Waals surface area contributed by atoms with E-state index in [-0.39, 0.29) is 17.8 Å². The fraction of sp³-hybridized carbons (Fsp3) is 0.600. The molecule has 0 bridgehead atoms. The number of ether oxygens (including phenoxy) is 1. The van der Waals surface area contributed by atoms with Gasteiger partial charge >= 0.3 is 0 Å². The van der Waals surface area contributed by atoms with Gasteiger partial charge in [0.2, 0.25) is 5.95 Å². The van der Waals surface area contributed by atoms with Gasteiger partial charge in [0.1, 0.15) is 0 Å². The average Bonchev–Trinajstić information content (AvgIpc) is 2.16. The highest BCUT2D eigenvalue weighted by Crippen LogP contribution is 2.14. The molecule has 2 rings (SSSR count). The van der Waals surface area contributed by atoms with E-state index in [4.69, 9.17) is 4.74 Å². The Morgan fingerprint density at radius 3 is 2.73 bits per heavy atom. The molecule has 0 amide bonds. The smallest absolute Gasteiger partial charge is 0.252 e. The number of nitrogens with zero attached hydrogens (tertiary/aromatic N) is 2. The van der Waals surface area contributed by atoms with Gasteiger partial charge < -0.3 is 9.64 Å². The van der Waals surface area contributed by atoms with E-state index in [0.29, 0.717) is 5.95 Å². The summed E-state index contributed by atoms with van der Waals surface area (Å²) in [5.41, 5.74) is -0.119. The lowest BCUT2D eigenvalue weighted by atomic mass is 10.2. The summed E-state index contributed by atoms with van der Waals surface area (Å²) in [6, 6.07) is 1.41. The summed E-state index contributed by atoms with van der Waals surface area (Å²) in [5.74, 6) is 0.629. The fourth-order valence-corrected chi connectivity index (χ4v) is 1.87. The molecule has 5 nitrogen and oxygen atoms in total. The Labute approximate surface area is 88.1 Å². The SMILES string of the molecule is C[C@@H]1CN(c2nccc(=O)[nH]2)C[C@H](C)O1. The molecule has 1 aromatic rings. The van der Waals surface area contributed by atoms with Crippen molar-refractivity contribution in [3.8, 4) is 0 Å². The van der Waals surface area contributed by atoms with Crippen molar-refractivity contribution >= 4 is 5.95 Å². The molecule has 1 aliphatic heterocycles. The molecular formula is C10H15N3O2. The van der Waals surface area contributed by atoms with Gasteiger partial charge in [-0.05, 0) is 13.8 Å². The van der Waals surface area contributed by atoms with E-state index < -0.39 is 0 Å². The van der Waals surface area contributed by atoms with Gasteiger partial charge in [-0.1, -0.05) is 0 Å². The van der Waals surface area contributed by atoms with Crippen LogP contribution in [0.4, 0.5) is 5.95 Å². The number of rotatable bonds is 1. The van der Waals surface area contributed by atoms with Crippen LogP contribution in [0.25, 0.3) is 0 Å². The zero-order chi connectivity index (χ0) is 10.8. The quantitative estimate of drug-likeness (QED) is 0.726. The first-order valence-electron chi connectivity index (χ1n) is 5.11. The number of aromatic amines is 1. The van der Waals surface area contributed by atoms with Crippen LogP contribution in [-0.4, -0.2) is 35.3 Å². The van der Waals surface area contributed by atoms with Crippen LogP contribution in [-0.2, 0) is 4.74 Å². The number of hydrogen-bond acceptors (Lipinski definition) is 4. The van der Waals surface area contributed by atoms with Crippen LogP contribution < -0.4 is 10.5 Å². The molecule has 82 valence electrons. The van der Waals surface area contributed by atoms with E-state index in [9.17, 15) is 4.79 Å². The summed E-state index contributed by atoms with van der Waals surface area (Å²) in [7, 11) is 0. The first kappa shape index (κ1) is 10.2. The zero-order valence-corrected chi connectivity index (χ0v) is 8.93. The third-order valence-corrected chi connectivity index (χ3v) is 2.38. The van der Waals surface area contributed by atoms with Gasteiger partial charge in [-0.25, -0.2) is 4.98 Å². The fourth-order valence-electron chi connectivity index (χ4n) is 1.87. The molecule has 2 atom stereocenters. The van der Waals surface area contributed by atoms with Crippen LogP contribution in [0.1, 0.15) is 13.8 Å². The van der Waals surface area contributed by atoms with Crippen LogP contribution in [0.5, 0.6) is 0 Å². The zero-order valence-electron chi connectivity index (χ0n) is 8.93. The average molecular weight is 209 g/mol. The minimum Gasteiger partial charge on any atom is -0.372 e. The molecule has 0 saturated carbocycles. The van der Waals surface area contributed by atoms with Crippen LogP contribution in [0.3, 0.4) is 0 Å². The molecule has 0 aromatic carbocycles. The van der Waals surface area contributed by atoms with Gasteiger partial charge in [0.05, 0.1) is 12.2 Å². The van der Waals surface area contributed by atoms with E-state index in [2.05, 4.69) is 9.97 Å². The second kappa shape index (κ2) is 4.02. The maximum atomic E-state index is 11.1. The Bertz CT molecular complexity index is 380. The number of nitrogens with one attached hydrogen (secondary N) is 1. The van der Waals surface area contributed by atoms with Gasteiger partial charge in [-0.3, -0.25) is 9.78 Å². The molecule has 0 spiro atoms. The van der Waals surface area contributed by atoms with Gasteiger partial charge in [0.25, 0.3) is 5.56 Å². The second-order valence-electron chi connectivity index (χ2n) is 3.92. The third-order valence-electron chi connectivity index (χ3n) is 2.38. The van der Waals surface area contributed by atoms with Crippen LogP contribution in [0, 0.1) is 0 Å². The Morgan fingerprint density at radius 1 is 1.47 bits per heavy atom. The van der Waals surface area contributed by atoms with E-state index in [0.717, 1.165) is 13.1 Å². The maximum absolute atomic E-state index is 11.1. The minimum atomic E-state index is -0.119. The first-order valence-corrected chi connectivity index (χ1v) is 5.11. The van der Waals surface area contributed by atoms with Gasteiger partial charge in [-0.15, -0.1) is 0 Å². The third kappa shape index (κ3) is 2.36. The maximum Gasteiger partial charge on any atom is 0.252 e. The lowest BCUT2D eigenvalue weighted by Gasteiger charge is -2.35. The highest BCUT2D eigenvalue weighted by molar-refractivity contribution is 5.29. The molecule has 15 heavy (non-hydrogen) atoms. The predicted molar refractivity (Wildman–Crippen MR) is 57.1 cm³/mol. The van der Waals surface area contributed by atoms with Crippen molar-refractivity contribution in [3.05, 3.63) is 22.6 Å². The molecular weight excluding hydrogens is 194 g/mol. The lowest BCUT2D eigenvalue weighted by Crippen LogP contribution is -2.46. The van der Waals surface area contributed by atoms with E-state index in [1.165, 1.54) is 12.3 Å². The van der Waals surface area contributed by atoms with Gasteiger partial charge in [0, 0.05) is 25.4 Å². The lowest BCUT2D eigenvalue weighted by molar-refractivity contribution is -0.00573. The minimum absolute atomic E-state index is 0.119. The largest absolute Gasteiger partial charge is 0.372 e. The molecule has 1 aliphatic rings. The molecule has 0 unspecified atom stereocenters. The van der Waals surface area contributed by atoms with Crippen molar-refractivity contribution in [1.82, 2.24) is 9.97 Å². The van der Waals surface area contributed by atoms with Crippen LogP contribution >= 0.6 is 0 Å². The van der Waals surface area contributed by atoms with Crippen molar-refractivity contribution in [1.29, 1.82) is 0 Å². The van der Waals surface area contributed by atoms with Crippen molar-refractivity contribution in [3.63, 3.8) is 0 Å². The van der Waals surface area contributed by atoms with Crippen molar-refractivity contribution in [2.45, 2.75) is 26.1 Å². The highest BCUT2D eigenvalue weighted by Gasteiger charge is 2.23. The molecule has 0 aliphatic carbocycles. The summed E-state index contributed by atoms with van der Waals surface area (Å²) < 4.78 is 5.61. The Balaban J connectivity index is 2.19. The number of anilines is 1. The molecule has 2 heterocycles. The Hall–Kier alpha value is -1.36. The molecule has 0 radical (unpaired) electrons. The number of morpholine rings is 1. The van der Waals surface area contributed by atoms with E-state index >= 15 is 0 Å². The summed E-state index contributed by atoms with van der Waals surface area (Å²) in [6.07, 6.45) is 1.86. The predicted octanol–water partition coefficient (Wildman–Crippen LogP) is 0.383. The summed E-state index contributed by atoms with van der Waals surface area (Å²) >= 11 is 0. The molecule has 1 saturated heterocycles. The highest BCUT2D eigenvalue weighted by atomic mass is 16.5. The molecule has 1 aromatic heterocycles. The van der Waals surface area contributed by atoms with Gasteiger partial charge in [-0.2, -0.15) is 0 Å². The van der Waals surface area contributed by atoms with E-state index in [1.54, 1.807) is 0 Å². The van der Waals surface area contributed by atoms with Crippen molar-refractivity contribution in [2.75, 3.05) is 18.0 Å². The van der Waals surface area contributed by atoms with Crippen molar-refractivity contribution in [2.24, 2.45) is 0 Å². The van der Waals surface area contributed by atoms with Gasteiger partial charge in [0.15, 0.2) is 0 Å². The van der Waals surface area contributed by atoms with E-state index in [1.807, 2.05) is 18.7 Å². The van der Waals surface area contributed by atoms with Crippen molar-refractivity contribution < 1.29 is 4.74 Å².